The number of ether oxygens (including phenoxy) is 1. The number of carboxylic acid groups (broad SMARTS) is 1. The van der Waals surface area contributed by atoms with Crippen LogP contribution in [-0.4, -0.2) is 51.0 Å². The first-order valence-electron chi connectivity index (χ1n) is 7.73. The fourth-order valence-corrected chi connectivity index (χ4v) is 2.69. The summed E-state index contributed by atoms with van der Waals surface area (Å²) in [5.74, 6) is -2.01. The maximum absolute atomic E-state index is 12.3. The number of nitrogens with zero attached hydrogens (tertiary/aromatic N) is 3. The summed E-state index contributed by atoms with van der Waals surface area (Å²) in [5, 5.41) is 16.0. The predicted octanol–water partition coefficient (Wildman–Crippen LogP) is 0.877. The zero-order valence-electron chi connectivity index (χ0n) is 13.0. The summed E-state index contributed by atoms with van der Waals surface area (Å²) in [6.07, 6.45) is 2.90. The number of carbonyl (C=O) groups excluding carboxylic acids is 1. The number of carbonyl (C=O) groups is 2. The maximum Gasteiger partial charge on any atom is 0.326 e. The molecule has 1 fully saturated rings. The molecule has 1 aliphatic heterocycles. The third-order valence-electron chi connectivity index (χ3n) is 3.94. The minimum atomic E-state index is -1.08. The smallest absolute Gasteiger partial charge is 0.326 e. The second-order valence-electron chi connectivity index (χ2n) is 5.61. The molecule has 0 radical (unpaired) electrons. The van der Waals surface area contributed by atoms with Crippen LogP contribution in [0, 0.1) is 5.92 Å². The van der Waals surface area contributed by atoms with Gasteiger partial charge in [-0.3, -0.25) is 4.79 Å². The fourth-order valence-electron chi connectivity index (χ4n) is 2.69. The van der Waals surface area contributed by atoms with Crippen LogP contribution in [0.2, 0.25) is 0 Å². The van der Waals surface area contributed by atoms with Gasteiger partial charge in [0, 0.05) is 12.5 Å². The summed E-state index contributed by atoms with van der Waals surface area (Å²) in [5.41, 5.74) is 0.763. The molecule has 1 saturated heterocycles. The summed E-state index contributed by atoms with van der Waals surface area (Å²) in [7, 11) is 0. The summed E-state index contributed by atoms with van der Waals surface area (Å²) in [6, 6.07) is 8.21. The quantitative estimate of drug-likeness (QED) is 0.843. The van der Waals surface area contributed by atoms with Crippen molar-refractivity contribution < 1.29 is 19.4 Å². The largest absolute Gasteiger partial charge is 0.480 e. The van der Waals surface area contributed by atoms with Gasteiger partial charge in [-0.15, -0.1) is 5.10 Å². The SMILES string of the molecule is O=C(NC(C(=O)O)C1CCCOC1)c1ncn(-c2ccccc2)n1. The number of amides is 1. The van der Waals surface area contributed by atoms with Crippen LogP contribution in [0.1, 0.15) is 23.5 Å². The Labute approximate surface area is 138 Å². The number of nitrogens with one attached hydrogen (secondary N) is 1. The average molecular weight is 330 g/mol. The molecule has 1 aliphatic rings. The van der Waals surface area contributed by atoms with Crippen molar-refractivity contribution in [2.75, 3.05) is 13.2 Å². The first kappa shape index (κ1) is 16.1. The molecule has 0 spiro atoms. The van der Waals surface area contributed by atoms with E-state index in [0.29, 0.717) is 19.6 Å². The number of aliphatic carboxylic acids is 1. The molecule has 126 valence electrons. The van der Waals surface area contributed by atoms with Crippen molar-refractivity contribution in [3.8, 4) is 5.69 Å². The summed E-state index contributed by atoms with van der Waals surface area (Å²) < 4.78 is 6.78. The molecule has 3 rings (SSSR count). The van der Waals surface area contributed by atoms with Gasteiger partial charge in [-0.25, -0.2) is 14.5 Å². The lowest BCUT2D eigenvalue weighted by Crippen LogP contribution is -2.48. The van der Waals surface area contributed by atoms with Gasteiger partial charge in [0.05, 0.1) is 12.3 Å². The van der Waals surface area contributed by atoms with Gasteiger partial charge < -0.3 is 15.2 Å². The minimum Gasteiger partial charge on any atom is -0.480 e. The van der Waals surface area contributed by atoms with Gasteiger partial charge in [-0.05, 0) is 25.0 Å². The lowest BCUT2D eigenvalue weighted by molar-refractivity contribution is -0.142. The van der Waals surface area contributed by atoms with Crippen molar-refractivity contribution in [1.82, 2.24) is 20.1 Å². The zero-order chi connectivity index (χ0) is 16.9. The Morgan fingerprint density at radius 3 is 2.79 bits per heavy atom. The number of benzene rings is 1. The Bertz CT molecular complexity index is 710. The highest BCUT2D eigenvalue weighted by molar-refractivity contribution is 5.93. The molecular weight excluding hydrogens is 312 g/mol. The van der Waals surface area contributed by atoms with E-state index >= 15 is 0 Å². The van der Waals surface area contributed by atoms with Crippen LogP contribution in [0.25, 0.3) is 5.69 Å². The van der Waals surface area contributed by atoms with Crippen LogP contribution in [0.3, 0.4) is 0 Å². The molecule has 2 aromatic rings. The molecule has 2 heterocycles. The highest BCUT2D eigenvalue weighted by atomic mass is 16.5. The lowest BCUT2D eigenvalue weighted by Gasteiger charge is -2.27. The monoisotopic (exact) mass is 330 g/mol. The van der Waals surface area contributed by atoms with Crippen LogP contribution < -0.4 is 5.32 Å². The molecule has 0 saturated carbocycles. The highest BCUT2D eigenvalue weighted by Gasteiger charge is 2.32. The van der Waals surface area contributed by atoms with Crippen molar-refractivity contribution in [2.45, 2.75) is 18.9 Å². The Morgan fingerprint density at radius 2 is 2.12 bits per heavy atom. The first-order valence-corrected chi connectivity index (χ1v) is 7.73. The minimum absolute atomic E-state index is 0.0677. The molecule has 1 aromatic carbocycles. The lowest BCUT2D eigenvalue weighted by atomic mass is 9.93. The molecule has 1 aromatic heterocycles. The van der Waals surface area contributed by atoms with Gasteiger partial charge in [-0.2, -0.15) is 0 Å². The van der Waals surface area contributed by atoms with E-state index in [-0.39, 0.29) is 11.7 Å². The van der Waals surface area contributed by atoms with Gasteiger partial charge in [0.15, 0.2) is 0 Å². The van der Waals surface area contributed by atoms with E-state index in [2.05, 4.69) is 15.4 Å². The third-order valence-corrected chi connectivity index (χ3v) is 3.94. The third kappa shape index (κ3) is 3.60. The molecular formula is C16H18N4O4. The molecule has 1 amide bonds. The first-order chi connectivity index (χ1) is 11.6. The summed E-state index contributed by atoms with van der Waals surface area (Å²) >= 11 is 0. The van der Waals surface area contributed by atoms with Crippen molar-refractivity contribution in [1.29, 1.82) is 0 Å². The van der Waals surface area contributed by atoms with Gasteiger partial charge in [0.2, 0.25) is 5.82 Å². The van der Waals surface area contributed by atoms with Crippen LogP contribution in [0.4, 0.5) is 0 Å². The fraction of sp³-hybridized carbons (Fsp3) is 0.375. The molecule has 0 bridgehead atoms. The predicted molar refractivity (Wildman–Crippen MR) is 83.8 cm³/mol. The van der Waals surface area contributed by atoms with Crippen LogP contribution in [0.15, 0.2) is 36.7 Å². The number of aromatic nitrogens is 3. The molecule has 2 atom stereocenters. The van der Waals surface area contributed by atoms with Gasteiger partial charge in [-0.1, -0.05) is 18.2 Å². The standard InChI is InChI=1S/C16H18N4O4/c21-15(18-13(16(22)23)11-5-4-8-24-9-11)14-17-10-20(19-14)12-6-2-1-3-7-12/h1-3,6-7,10-11,13H,4-5,8-9H2,(H,18,21)(H,22,23). The van der Waals surface area contributed by atoms with E-state index in [9.17, 15) is 14.7 Å². The number of hydrogen-bond acceptors (Lipinski definition) is 5. The Hall–Kier alpha value is -2.74. The van der Waals surface area contributed by atoms with E-state index in [1.807, 2.05) is 30.3 Å². The molecule has 24 heavy (non-hydrogen) atoms. The number of para-hydroxylation sites is 1. The molecule has 8 nitrogen and oxygen atoms in total. The van der Waals surface area contributed by atoms with Crippen LogP contribution in [-0.2, 0) is 9.53 Å². The van der Waals surface area contributed by atoms with Crippen molar-refractivity contribution in [3.63, 3.8) is 0 Å². The highest BCUT2D eigenvalue weighted by Crippen LogP contribution is 2.18. The maximum atomic E-state index is 12.3. The Balaban J connectivity index is 1.71. The number of carboxylic acids is 1. The second-order valence-corrected chi connectivity index (χ2v) is 5.61. The number of rotatable bonds is 5. The van der Waals surface area contributed by atoms with Gasteiger partial charge >= 0.3 is 5.97 Å². The Morgan fingerprint density at radius 1 is 1.33 bits per heavy atom. The van der Waals surface area contributed by atoms with Crippen molar-refractivity contribution >= 4 is 11.9 Å². The molecule has 0 aliphatic carbocycles. The normalized spacial score (nSPS) is 18.8. The second kappa shape index (κ2) is 7.22. The zero-order valence-corrected chi connectivity index (χ0v) is 13.0. The van der Waals surface area contributed by atoms with E-state index in [0.717, 1.165) is 12.1 Å². The van der Waals surface area contributed by atoms with Gasteiger partial charge in [0.25, 0.3) is 5.91 Å². The van der Waals surface area contributed by atoms with E-state index in [1.54, 1.807) is 0 Å². The van der Waals surface area contributed by atoms with Crippen molar-refractivity contribution in [2.24, 2.45) is 5.92 Å². The summed E-state index contributed by atoms with van der Waals surface area (Å²) in [6.45, 7) is 0.947. The topological polar surface area (TPSA) is 106 Å². The van der Waals surface area contributed by atoms with Crippen molar-refractivity contribution in [3.05, 3.63) is 42.5 Å². The number of hydrogen-bond donors (Lipinski definition) is 2. The van der Waals surface area contributed by atoms with Crippen LogP contribution in [0.5, 0.6) is 0 Å². The molecule has 2 unspecified atom stereocenters. The molecule has 8 heteroatoms. The Kier molecular flexibility index (Phi) is 4.85. The van der Waals surface area contributed by atoms with E-state index in [1.165, 1.54) is 11.0 Å². The average Bonchev–Trinajstić information content (AvgIpc) is 3.11. The van der Waals surface area contributed by atoms with E-state index in [4.69, 9.17) is 4.74 Å². The summed E-state index contributed by atoms with van der Waals surface area (Å²) in [4.78, 5) is 27.7. The van der Waals surface area contributed by atoms with Gasteiger partial charge in [0.1, 0.15) is 12.4 Å². The van der Waals surface area contributed by atoms with Crippen LogP contribution >= 0.6 is 0 Å². The molecule has 2 N–H and O–H groups in total. The van der Waals surface area contributed by atoms with E-state index < -0.39 is 17.9 Å².